The van der Waals surface area contributed by atoms with Crippen LogP contribution in [0.5, 0.6) is 34.5 Å². The van der Waals surface area contributed by atoms with E-state index >= 15 is 0 Å². The Morgan fingerprint density at radius 1 is 0.225 bits per heavy atom. The van der Waals surface area contributed by atoms with Crippen LogP contribution in [0.4, 0.5) is 0 Å². The summed E-state index contributed by atoms with van der Waals surface area (Å²) in [4.78, 5) is 20.5. The lowest BCUT2D eigenvalue weighted by atomic mass is 10.1. The summed E-state index contributed by atoms with van der Waals surface area (Å²) in [7, 11) is -3.81. The molecule has 0 aliphatic carbocycles. The minimum atomic E-state index is -1.91. The first-order valence-corrected chi connectivity index (χ1v) is 28.6. The van der Waals surface area contributed by atoms with Gasteiger partial charge in [0.1, 0.15) is 91.5 Å². The summed E-state index contributed by atoms with van der Waals surface area (Å²) < 4.78 is 0. The summed E-state index contributed by atoms with van der Waals surface area (Å²) >= 11 is 0. The number of carboxylic acid groups (broad SMARTS) is 2. The number of aromatic hydroxyl groups is 6. The Kier molecular flexibility index (Phi) is 20.5. The zero-order chi connectivity index (χ0) is 56.7. The van der Waals surface area contributed by atoms with Gasteiger partial charge in [0.05, 0.1) is 11.9 Å². The molecule has 11 aromatic carbocycles. The number of aromatic carboxylic acids is 2. The molecule has 0 bridgehead atoms. The molecule has 0 fully saturated rings. The Bertz CT molecular complexity index is 2990. The Morgan fingerprint density at radius 2 is 0.375 bits per heavy atom. The van der Waals surface area contributed by atoms with Crippen LogP contribution < -0.4 is 52.6 Å². The number of carbonyl (C=O) groups is 2. The maximum absolute atomic E-state index is 10.3. The van der Waals surface area contributed by atoms with E-state index in [1.165, 1.54) is 60.6 Å². The van der Waals surface area contributed by atoms with Gasteiger partial charge in [-0.1, -0.05) is 164 Å². The number of carboxylic acids is 2. The highest BCUT2D eigenvalue weighted by Gasteiger charge is 2.48. The zero-order valence-corrected chi connectivity index (χ0v) is 44.9. The van der Waals surface area contributed by atoms with Gasteiger partial charge >= 0.3 is 0 Å². The minimum absolute atomic E-state index is 0.146. The first-order chi connectivity index (χ1) is 38.8. The summed E-state index contributed by atoms with van der Waals surface area (Å²) in [6.07, 6.45) is 0. The molecule has 11 rings (SSSR count). The van der Waals surface area contributed by atoms with Crippen molar-refractivity contribution >= 4 is 68.9 Å². The van der Waals surface area contributed by atoms with E-state index in [4.69, 9.17) is 30.6 Å². The van der Waals surface area contributed by atoms with Gasteiger partial charge in [-0.25, -0.2) is 0 Å². The molecule has 80 heavy (non-hydrogen) atoms. The zero-order valence-electron chi connectivity index (χ0n) is 43.1. The Labute approximate surface area is 466 Å². The van der Waals surface area contributed by atoms with Crippen molar-refractivity contribution in [2.45, 2.75) is 0 Å². The molecule has 11 aromatic rings. The number of rotatable bonds is 10. The van der Waals surface area contributed by atoms with Crippen molar-refractivity contribution < 1.29 is 50.4 Å². The molecule has 0 spiro atoms. The van der Waals surface area contributed by atoms with E-state index in [9.17, 15) is 19.8 Å². The molecule has 0 saturated carbocycles. The van der Waals surface area contributed by atoms with E-state index in [0.29, 0.717) is 0 Å². The van der Waals surface area contributed by atoms with Crippen molar-refractivity contribution in [1.82, 2.24) is 0 Å². The number of benzene rings is 11. The van der Waals surface area contributed by atoms with Crippen molar-refractivity contribution in [3.05, 3.63) is 314 Å². The second-order valence-corrected chi connectivity index (χ2v) is 24.4. The van der Waals surface area contributed by atoms with E-state index in [1.807, 2.05) is 0 Å². The molecule has 6 N–H and O–H groups in total. The molecule has 0 aromatic heterocycles. The fourth-order valence-corrected chi connectivity index (χ4v) is 17.5. The number of phenolic OH excluding ortho intramolecular Hbond substituents is 6. The molecule has 0 aliphatic heterocycles. The monoisotopic (exact) mass is 1090 g/mol. The van der Waals surface area contributed by atoms with Crippen molar-refractivity contribution in [1.29, 1.82) is 0 Å². The Hall–Kier alpha value is -9.98. The van der Waals surface area contributed by atoms with Gasteiger partial charge in [0.2, 0.25) is 0 Å². The predicted molar refractivity (Wildman–Crippen MR) is 320 cm³/mol. The second-order valence-electron chi connectivity index (χ2n) is 17.6. The molecular weight excluding hydrogens is 1040 g/mol. The molecule has 10 nitrogen and oxygen atoms in total. The maximum Gasteiger partial charge on any atom is 0.144 e. The number of phenols is 6. The normalized spacial score (nSPS) is 10.5. The molecule has 0 unspecified atom stereocenters. The molecule has 0 aliphatic rings. The fraction of sp³-hybridized carbons (Fsp3) is 0. The van der Waals surface area contributed by atoms with Crippen molar-refractivity contribution in [2.24, 2.45) is 0 Å². The van der Waals surface area contributed by atoms with E-state index in [1.54, 1.807) is 0 Å². The third kappa shape index (κ3) is 14.7. The van der Waals surface area contributed by atoms with Crippen molar-refractivity contribution in [3.8, 4) is 34.5 Å². The standard InChI is InChI=1S/2C24H20P.C8H6O4.2C6H6O3/c2*1-5-13-21(14-6-1)25(22-15-7-2-8-16-22,23-17-9-3-10-18-23)24-19-11-4-12-20-24;9-7(10)5-2-1-3-6(4-5)8(11)12;2*7-4-1-5(8)3-6(9)2-4/h2*1-20H;1-4H,(H,9,10)(H,11,12);2*1-3,7-9H/q2*+1;;;/p-2. The van der Waals surface area contributed by atoms with E-state index < -0.39 is 26.5 Å². The van der Waals surface area contributed by atoms with Gasteiger partial charge in [0.25, 0.3) is 0 Å². The van der Waals surface area contributed by atoms with Gasteiger partial charge < -0.3 is 50.4 Å². The van der Waals surface area contributed by atoms with Gasteiger partial charge in [-0.15, -0.1) is 0 Å². The Morgan fingerprint density at radius 3 is 0.512 bits per heavy atom. The molecule has 0 radical (unpaired) electrons. The van der Waals surface area contributed by atoms with Gasteiger partial charge in [-0.05, 0) is 114 Å². The SMILES string of the molecule is O=C([O-])c1cccc(C(=O)[O-])c1.Oc1cc(O)cc(O)c1.Oc1cc(O)cc(O)c1.c1ccc([P+](c2ccccc2)(c2ccccc2)c2ccccc2)cc1.c1ccc([P+](c2ccccc2)(c2ccccc2)c2ccccc2)cc1. The maximum atomic E-state index is 10.3. The van der Waals surface area contributed by atoms with Gasteiger partial charge in [-0.2, -0.15) is 0 Å². The largest absolute Gasteiger partial charge is 0.545 e. The summed E-state index contributed by atoms with van der Waals surface area (Å²) in [5.41, 5.74) is -0.339. The second kappa shape index (κ2) is 28.4. The number of carbonyl (C=O) groups excluding carboxylic acids is 2. The highest BCUT2D eigenvalue weighted by atomic mass is 31.2. The molecule has 0 heterocycles. The molecule has 12 heteroatoms. The topological polar surface area (TPSA) is 202 Å². The number of hydrogen-bond acceptors (Lipinski definition) is 10. The summed E-state index contributed by atoms with van der Waals surface area (Å²) in [6.45, 7) is 0. The lowest BCUT2D eigenvalue weighted by Gasteiger charge is -2.27. The molecule has 0 saturated heterocycles. The van der Waals surface area contributed by atoms with Crippen LogP contribution in [0.1, 0.15) is 20.7 Å². The first kappa shape index (κ1) is 57.7. The average Bonchev–Trinajstić information content (AvgIpc) is 3.63. The van der Waals surface area contributed by atoms with E-state index in [0.717, 1.165) is 42.5 Å². The highest BCUT2D eigenvalue weighted by Crippen LogP contribution is 2.55. The lowest BCUT2D eigenvalue weighted by Crippen LogP contribution is -2.38. The van der Waals surface area contributed by atoms with Crippen LogP contribution in [0.25, 0.3) is 0 Å². The van der Waals surface area contributed by atoms with E-state index in [-0.39, 0.29) is 45.6 Å². The predicted octanol–water partition coefficient (Wildman–Crippen LogP) is 8.63. The molecule has 0 atom stereocenters. The van der Waals surface area contributed by atoms with Crippen LogP contribution in [-0.2, 0) is 0 Å². The first-order valence-electron chi connectivity index (χ1n) is 25.0. The smallest absolute Gasteiger partial charge is 0.144 e. The molecule has 398 valence electrons. The third-order valence-corrected chi connectivity index (χ3v) is 20.8. The van der Waals surface area contributed by atoms with E-state index in [2.05, 4.69) is 243 Å². The van der Waals surface area contributed by atoms with Gasteiger partial charge in [0, 0.05) is 36.4 Å². The minimum Gasteiger partial charge on any atom is -0.545 e. The van der Waals surface area contributed by atoms with Crippen LogP contribution in [0.15, 0.2) is 303 Å². The number of hydrogen-bond donors (Lipinski definition) is 6. The third-order valence-electron chi connectivity index (χ3n) is 12.3. The molecular formula is C68H56O10P2. The van der Waals surface area contributed by atoms with Crippen LogP contribution in [-0.4, -0.2) is 42.6 Å². The molecule has 0 amide bonds. The van der Waals surface area contributed by atoms with Gasteiger partial charge in [0.15, 0.2) is 0 Å². The lowest BCUT2D eigenvalue weighted by molar-refractivity contribution is -0.255. The van der Waals surface area contributed by atoms with Crippen LogP contribution in [0.2, 0.25) is 0 Å². The summed E-state index contributed by atoms with van der Waals surface area (Å²) in [5, 5.41) is 83.6. The van der Waals surface area contributed by atoms with Crippen LogP contribution in [0, 0.1) is 0 Å². The van der Waals surface area contributed by atoms with Crippen molar-refractivity contribution in [2.75, 3.05) is 0 Å². The Balaban J connectivity index is 0.000000156. The summed E-state index contributed by atoms with van der Waals surface area (Å²) in [6, 6.07) is 99.3. The average molecular weight is 1100 g/mol. The fourth-order valence-electron chi connectivity index (χ4n) is 8.93. The van der Waals surface area contributed by atoms with Crippen LogP contribution in [0.3, 0.4) is 0 Å². The van der Waals surface area contributed by atoms with Gasteiger partial charge in [-0.3, -0.25) is 0 Å². The highest BCUT2D eigenvalue weighted by molar-refractivity contribution is 8.02. The quantitative estimate of drug-likeness (QED) is 0.0721. The van der Waals surface area contributed by atoms with Crippen molar-refractivity contribution in [3.63, 3.8) is 0 Å². The van der Waals surface area contributed by atoms with Crippen LogP contribution >= 0.6 is 14.5 Å². The summed E-state index contributed by atoms with van der Waals surface area (Å²) in [5.74, 6) is -3.68.